The molecule has 1 spiro atoms. The molecular formula is C20H26N2O3S3. The molecule has 5 rings (SSSR count). The zero-order valence-electron chi connectivity index (χ0n) is 15.8. The highest BCUT2D eigenvalue weighted by molar-refractivity contribution is 8.21. The van der Waals surface area contributed by atoms with Crippen LogP contribution in [0.5, 0.6) is 0 Å². The zero-order chi connectivity index (χ0) is 19.4. The van der Waals surface area contributed by atoms with Crippen molar-refractivity contribution in [1.82, 2.24) is 0 Å². The zero-order valence-corrected chi connectivity index (χ0v) is 18.3. The molecule has 4 aliphatic rings. The Kier molecular flexibility index (Phi) is 4.87. The summed E-state index contributed by atoms with van der Waals surface area (Å²) in [6.07, 6.45) is 5.22. The van der Waals surface area contributed by atoms with Gasteiger partial charge in [0.25, 0.3) is 0 Å². The number of carbonyl (C=O) groups excluding carboxylic acids is 1. The molecule has 28 heavy (non-hydrogen) atoms. The summed E-state index contributed by atoms with van der Waals surface area (Å²) in [5, 5.41) is 3.08. The molecule has 2 aliphatic heterocycles. The number of sulfonamides is 1. The number of nitrogens with one attached hydrogen (secondary N) is 1. The van der Waals surface area contributed by atoms with Crippen molar-refractivity contribution in [2.75, 3.05) is 33.4 Å². The number of hydrogen-bond donors (Lipinski definition) is 1. The molecule has 1 aromatic rings. The number of carbonyl (C=O) groups is 1. The molecule has 2 aliphatic carbocycles. The van der Waals surface area contributed by atoms with Gasteiger partial charge >= 0.3 is 0 Å². The van der Waals surface area contributed by atoms with Crippen LogP contribution in [-0.4, -0.2) is 42.2 Å². The molecule has 2 bridgehead atoms. The van der Waals surface area contributed by atoms with E-state index in [-0.39, 0.29) is 17.6 Å². The summed E-state index contributed by atoms with van der Waals surface area (Å²) in [6, 6.07) is 7.24. The van der Waals surface area contributed by atoms with Crippen LogP contribution in [0.2, 0.25) is 0 Å². The maximum atomic E-state index is 12.9. The first-order valence-electron chi connectivity index (χ1n) is 10.2. The van der Waals surface area contributed by atoms with E-state index in [4.69, 9.17) is 0 Å². The van der Waals surface area contributed by atoms with E-state index >= 15 is 0 Å². The topological polar surface area (TPSA) is 66.5 Å². The Morgan fingerprint density at radius 1 is 1.07 bits per heavy atom. The number of amides is 1. The second kappa shape index (κ2) is 7.13. The Bertz CT molecular complexity index is 849. The van der Waals surface area contributed by atoms with Crippen molar-refractivity contribution in [1.29, 1.82) is 0 Å². The number of hydrogen-bond acceptors (Lipinski definition) is 5. The SMILES string of the molecule is O=C(Nc1ccc(N2CCCS2(=O)=O)cc1)C1C[C@H]2CC[C@@H](C1)C21SCCS1. The Morgan fingerprint density at radius 2 is 1.71 bits per heavy atom. The highest BCUT2D eigenvalue weighted by Crippen LogP contribution is 2.65. The quantitative estimate of drug-likeness (QED) is 0.778. The highest BCUT2D eigenvalue weighted by Gasteiger charge is 2.57. The van der Waals surface area contributed by atoms with Crippen LogP contribution in [0, 0.1) is 17.8 Å². The molecule has 4 fully saturated rings. The summed E-state index contributed by atoms with van der Waals surface area (Å²) >= 11 is 4.31. The van der Waals surface area contributed by atoms with Gasteiger partial charge in [-0.05, 0) is 68.2 Å². The van der Waals surface area contributed by atoms with Crippen LogP contribution in [0.3, 0.4) is 0 Å². The second-order valence-electron chi connectivity index (χ2n) is 8.34. The van der Waals surface area contributed by atoms with E-state index in [2.05, 4.69) is 28.8 Å². The van der Waals surface area contributed by atoms with Gasteiger partial charge in [-0.1, -0.05) is 0 Å². The molecule has 1 unspecified atom stereocenters. The van der Waals surface area contributed by atoms with E-state index in [1.807, 2.05) is 12.1 Å². The molecule has 1 aromatic carbocycles. The third-order valence-electron chi connectivity index (χ3n) is 6.77. The predicted octanol–water partition coefficient (Wildman–Crippen LogP) is 3.78. The maximum Gasteiger partial charge on any atom is 0.235 e. The lowest BCUT2D eigenvalue weighted by Gasteiger charge is -2.42. The summed E-state index contributed by atoms with van der Waals surface area (Å²) in [6.45, 7) is 0.538. The Labute approximate surface area is 175 Å². The van der Waals surface area contributed by atoms with Gasteiger partial charge in [0.1, 0.15) is 0 Å². The molecule has 5 nitrogen and oxygen atoms in total. The molecule has 2 saturated carbocycles. The molecule has 3 atom stereocenters. The Balaban J connectivity index is 1.24. The summed E-state index contributed by atoms with van der Waals surface area (Å²) < 4.78 is 26.0. The van der Waals surface area contributed by atoms with Crippen LogP contribution < -0.4 is 9.62 Å². The lowest BCUT2D eigenvalue weighted by Crippen LogP contribution is -2.41. The van der Waals surface area contributed by atoms with Crippen molar-refractivity contribution in [2.45, 2.75) is 36.2 Å². The van der Waals surface area contributed by atoms with Crippen LogP contribution in [0.4, 0.5) is 11.4 Å². The van der Waals surface area contributed by atoms with Crippen LogP contribution in [0.15, 0.2) is 24.3 Å². The van der Waals surface area contributed by atoms with E-state index < -0.39 is 10.0 Å². The molecule has 0 aromatic heterocycles. The first-order chi connectivity index (χ1) is 13.5. The summed E-state index contributed by atoms with van der Waals surface area (Å²) in [5.41, 5.74) is 1.44. The van der Waals surface area contributed by atoms with Crippen LogP contribution >= 0.6 is 23.5 Å². The molecule has 1 amide bonds. The minimum absolute atomic E-state index is 0.101. The van der Waals surface area contributed by atoms with Gasteiger partial charge in [-0.2, -0.15) is 0 Å². The van der Waals surface area contributed by atoms with Gasteiger partial charge in [-0.15, -0.1) is 23.5 Å². The number of thioether (sulfide) groups is 2. The Morgan fingerprint density at radius 3 is 2.29 bits per heavy atom. The summed E-state index contributed by atoms with van der Waals surface area (Å²) in [7, 11) is -3.17. The van der Waals surface area contributed by atoms with Crippen LogP contribution in [0.25, 0.3) is 0 Å². The monoisotopic (exact) mass is 438 g/mol. The highest BCUT2D eigenvalue weighted by atomic mass is 32.2. The van der Waals surface area contributed by atoms with Gasteiger partial charge < -0.3 is 5.32 Å². The van der Waals surface area contributed by atoms with Gasteiger partial charge in [0.2, 0.25) is 15.9 Å². The van der Waals surface area contributed by atoms with Gasteiger partial charge in [0, 0.05) is 29.7 Å². The number of rotatable bonds is 3. The molecule has 0 radical (unpaired) electrons. The largest absolute Gasteiger partial charge is 0.326 e. The third kappa shape index (κ3) is 3.16. The number of anilines is 2. The minimum Gasteiger partial charge on any atom is -0.326 e. The van der Waals surface area contributed by atoms with Crippen LogP contribution in [0.1, 0.15) is 32.1 Å². The smallest absolute Gasteiger partial charge is 0.235 e. The summed E-state index contributed by atoms with van der Waals surface area (Å²) in [4.78, 5) is 12.9. The average Bonchev–Trinajstić information content (AvgIpc) is 3.33. The molecule has 152 valence electrons. The number of benzene rings is 1. The lowest BCUT2D eigenvalue weighted by molar-refractivity contribution is -0.121. The fourth-order valence-corrected chi connectivity index (χ4v) is 11.0. The lowest BCUT2D eigenvalue weighted by atomic mass is 9.79. The first kappa shape index (κ1) is 19.1. The fourth-order valence-electron chi connectivity index (χ4n) is 5.50. The number of nitrogens with zero attached hydrogens (tertiary/aromatic N) is 1. The second-order valence-corrected chi connectivity index (χ2v) is 13.4. The van der Waals surface area contributed by atoms with Crippen molar-refractivity contribution in [3.63, 3.8) is 0 Å². The van der Waals surface area contributed by atoms with E-state index in [1.54, 1.807) is 12.1 Å². The van der Waals surface area contributed by atoms with E-state index in [0.717, 1.165) is 18.5 Å². The van der Waals surface area contributed by atoms with Crippen molar-refractivity contribution in [3.05, 3.63) is 24.3 Å². The Hall–Kier alpha value is -0.860. The predicted molar refractivity (Wildman–Crippen MR) is 117 cm³/mol. The van der Waals surface area contributed by atoms with Crippen molar-refractivity contribution < 1.29 is 13.2 Å². The summed E-state index contributed by atoms with van der Waals surface area (Å²) in [5.74, 6) is 4.30. The fraction of sp³-hybridized carbons (Fsp3) is 0.650. The normalized spacial score (nSPS) is 32.7. The van der Waals surface area contributed by atoms with Gasteiger partial charge in [-0.3, -0.25) is 9.10 Å². The molecule has 2 saturated heterocycles. The van der Waals surface area contributed by atoms with Crippen molar-refractivity contribution in [2.24, 2.45) is 17.8 Å². The molecule has 2 heterocycles. The van der Waals surface area contributed by atoms with Crippen molar-refractivity contribution in [3.8, 4) is 0 Å². The van der Waals surface area contributed by atoms with E-state index in [1.165, 1.54) is 28.7 Å². The maximum absolute atomic E-state index is 12.9. The third-order valence-corrected chi connectivity index (χ3v) is 12.7. The van der Waals surface area contributed by atoms with Crippen LogP contribution in [-0.2, 0) is 14.8 Å². The van der Waals surface area contributed by atoms with E-state index in [9.17, 15) is 13.2 Å². The van der Waals surface area contributed by atoms with Gasteiger partial charge in [0.15, 0.2) is 0 Å². The van der Waals surface area contributed by atoms with E-state index in [0.29, 0.717) is 34.6 Å². The standard InChI is InChI=1S/C20H26N2O3S3/c23-19(14-12-15-2-3-16(13-14)20(15)26-9-10-27-20)21-17-4-6-18(7-5-17)22-8-1-11-28(22,24)25/h4-7,14-16H,1-3,8-13H2,(H,21,23)/t14?,15-,16+. The van der Waals surface area contributed by atoms with Gasteiger partial charge in [0.05, 0.1) is 15.5 Å². The molecular weight excluding hydrogens is 412 g/mol. The minimum atomic E-state index is -3.17. The molecule has 8 heteroatoms. The molecule has 1 N–H and O–H groups in total. The average molecular weight is 439 g/mol. The first-order valence-corrected chi connectivity index (χ1v) is 13.8. The van der Waals surface area contributed by atoms with Gasteiger partial charge in [-0.25, -0.2) is 8.42 Å². The van der Waals surface area contributed by atoms with Crippen molar-refractivity contribution >= 4 is 50.8 Å².